The topological polar surface area (TPSA) is 78.0 Å². The zero-order valence-electron chi connectivity index (χ0n) is 11.4. The van der Waals surface area contributed by atoms with E-state index in [2.05, 4.69) is 23.2 Å². The molecule has 1 aromatic carbocycles. The molecule has 2 N–H and O–H groups in total. The predicted octanol–water partition coefficient (Wildman–Crippen LogP) is 1.87. The molecule has 0 aliphatic carbocycles. The maximum Gasteiger partial charge on any atom is 0.209 e. The van der Waals surface area contributed by atoms with Crippen molar-refractivity contribution in [3.8, 4) is 5.69 Å². The first-order valence-electron chi connectivity index (χ1n) is 6.11. The molecule has 0 aliphatic rings. The van der Waals surface area contributed by atoms with Crippen molar-refractivity contribution in [2.45, 2.75) is 19.0 Å². The molecule has 0 saturated heterocycles. The Morgan fingerprint density at radius 1 is 1.35 bits per heavy atom. The molecule has 1 heterocycles. The van der Waals surface area contributed by atoms with Crippen LogP contribution in [0.25, 0.3) is 5.69 Å². The fraction of sp³-hybridized carbons (Fsp3) is 0.308. The van der Waals surface area contributed by atoms with Crippen molar-refractivity contribution < 1.29 is 8.42 Å². The summed E-state index contributed by atoms with van der Waals surface area (Å²) >= 11 is 1.38. The molecule has 0 bridgehead atoms. The highest BCUT2D eigenvalue weighted by atomic mass is 32.2. The van der Waals surface area contributed by atoms with Crippen LogP contribution in [0.3, 0.4) is 0 Å². The van der Waals surface area contributed by atoms with E-state index in [1.165, 1.54) is 17.3 Å². The number of benzene rings is 1. The highest BCUT2D eigenvalue weighted by molar-refractivity contribution is 8.00. The summed E-state index contributed by atoms with van der Waals surface area (Å²) in [6.07, 6.45) is 3.59. The second-order valence-corrected chi connectivity index (χ2v) is 7.38. The Labute approximate surface area is 123 Å². The van der Waals surface area contributed by atoms with Crippen molar-refractivity contribution in [3.05, 3.63) is 41.7 Å². The van der Waals surface area contributed by atoms with Crippen LogP contribution >= 0.6 is 11.8 Å². The zero-order valence-corrected chi connectivity index (χ0v) is 13.0. The van der Waals surface area contributed by atoms with Crippen LogP contribution in [0.2, 0.25) is 0 Å². The largest absolute Gasteiger partial charge is 0.295 e. The molecular weight excluding hydrogens is 294 g/mol. The van der Waals surface area contributed by atoms with Crippen LogP contribution in [-0.4, -0.2) is 29.5 Å². The van der Waals surface area contributed by atoms with Crippen LogP contribution in [0, 0.1) is 13.8 Å². The summed E-state index contributed by atoms with van der Waals surface area (Å²) in [5.74, 6) is 0.331. The summed E-state index contributed by atoms with van der Waals surface area (Å²) < 4.78 is 23.9. The van der Waals surface area contributed by atoms with Gasteiger partial charge >= 0.3 is 0 Å². The van der Waals surface area contributed by atoms with E-state index in [4.69, 9.17) is 5.14 Å². The lowest BCUT2D eigenvalue weighted by atomic mass is 10.1. The minimum atomic E-state index is -3.43. The lowest BCUT2D eigenvalue weighted by Gasteiger charge is -2.11. The highest BCUT2D eigenvalue weighted by Gasteiger charge is 2.10. The van der Waals surface area contributed by atoms with E-state index in [0.29, 0.717) is 5.75 Å². The SMILES string of the molecule is Cc1ccc(C)c(-n2ccnc2SCCS(N)(=O)=O)c1. The molecule has 2 aromatic rings. The molecular formula is C13H17N3O2S2. The first-order valence-corrected chi connectivity index (χ1v) is 8.81. The van der Waals surface area contributed by atoms with Crippen LogP contribution in [0.1, 0.15) is 11.1 Å². The Balaban J connectivity index is 2.22. The average Bonchev–Trinajstić information content (AvgIpc) is 2.79. The lowest BCUT2D eigenvalue weighted by molar-refractivity contribution is 0.599. The molecule has 0 atom stereocenters. The number of nitrogens with zero attached hydrogens (tertiary/aromatic N) is 2. The first kappa shape index (κ1) is 15.1. The van der Waals surface area contributed by atoms with Gasteiger partial charge in [-0.3, -0.25) is 4.57 Å². The number of imidazole rings is 1. The second-order valence-electron chi connectivity index (χ2n) is 4.59. The molecule has 0 amide bonds. The summed E-state index contributed by atoms with van der Waals surface area (Å²) in [6, 6.07) is 6.20. The maximum absolute atomic E-state index is 11.0. The van der Waals surface area contributed by atoms with E-state index in [1.54, 1.807) is 6.20 Å². The van der Waals surface area contributed by atoms with Gasteiger partial charge in [-0.15, -0.1) is 0 Å². The smallest absolute Gasteiger partial charge is 0.209 e. The summed E-state index contributed by atoms with van der Waals surface area (Å²) in [5, 5.41) is 5.77. The van der Waals surface area contributed by atoms with Crippen LogP contribution in [-0.2, 0) is 10.0 Å². The number of aromatic nitrogens is 2. The molecule has 108 valence electrons. The molecule has 0 saturated carbocycles. The number of hydrogen-bond donors (Lipinski definition) is 1. The summed E-state index contributed by atoms with van der Waals surface area (Å²) in [7, 11) is -3.43. The third kappa shape index (κ3) is 3.84. The van der Waals surface area contributed by atoms with Gasteiger partial charge in [0.05, 0.1) is 11.4 Å². The van der Waals surface area contributed by atoms with Gasteiger partial charge in [0.1, 0.15) is 0 Å². The lowest BCUT2D eigenvalue weighted by Crippen LogP contribution is -2.18. The Kier molecular flexibility index (Phi) is 4.52. The summed E-state index contributed by atoms with van der Waals surface area (Å²) in [4.78, 5) is 4.27. The van der Waals surface area contributed by atoms with E-state index in [9.17, 15) is 8.42 Å². The maximum atomic E-state index is 11.0. The van der Waals surface area contributed by atoms with Crippen molar-refractivity contribution in [2.24, 2.45) is 5.14 Å². The number of hydrogen-bond acceptors (Lipinski definition) is 4. The van der Waals surface area contributed by atoms with Crippen molar-refractivity contribution >= 4 is 21.8 Å². The van der Waals surface area contributed by atoms with E-state index in [1.807, 2.05) is 24.6 Å². The summed E-state index contributed by atoms with van der Waals surface area (Å²) in [5.41, 5.74) is 3.36. The molecule has 0 fully saturated rings. The van der Waals surface area contributed by atoms with Crippen LogP contribution in [0.4, 0.5) is 0 Å². The van der Waals surface area contributed by atoms with Crippen molar-refractivity contribution in [1.29, 1.82) is 0 Å². The van der Waals surface area contributed by atoms with Gasteiger partial charge < -0.3 is 0 Å². The number of sulfonamides is 1. The van der Waals surface area contributed by atoms with Crippen molar-refractivity contribution in [3.63, 3.8) is 0 Å². The molecule has 0 unspecified atom stereocenters. The van der Waals surface area contributed by atoms with Gasteiger partial charge in [-0.05, 0) is 31.0 Å². The van der Waals surface area contributed by atoms with Gasteiger partial charge in [0.2, 0.25) is 10.0 Å². The van der Waals surface area contributed by atoms with E-state index < -0.39 is 10.0 Å². The standard InChI is InChI=1S/C13H17N3O2S2/c1-10-3-4-11(2)12(9-10)16-6-5-15-13(16)19-7-8-20(14,17)18/h3-6,9H,7-8H2,1-2H3,(H2,14,17,18). The average molecular weight is 311 g/mol. The molecule has 0 spiro atoms. The third-order valence-corrected chi connectivity index (χ3v) is 4.83. The van der Waals surface area contributed by atoms with E-state index in [-0.39, 0.29) is 5.75 Å². The quantitative estimate of drug-likeness (QED) is 0.855. The van der Waals surface area contributed by atoms with Gasteiger partial charge in [-0.1, -0.05) is 23.9 Å². The number of primary sulfonamides is 1. The van der Waals surface area contributed by atoms with Gasteiger partial charge in [0.25, 0.3) is 0 Å². The third-order valence-electron chi connectivity index (χ3n) is 2.83. The molecule has 1 aromatic heterocycles. The Hall–Kier alpha value is -1.31. The Morgan fingerprint density at radius 2 is 2.10 bits per heavy atom. The van der Waals surface area contributed by atoms with E-state index in [0.717, 1.165) is 16.4 Å². The first-order chi connectivity index (χ1) is 9.37. The zero-order chi connectivity index (χ0) is 14.8. The van der Waals surface area contributed by atoms with Crippen LogP contribution < -0.4 is 5.14 Å². The monoisotopic (exact) mass is 311 g/mol. The van der Waals surface area contributed by atoms with E-state index >= 15 is 0 Å². The van der Waals surface area contributed by atoms with Gasteiger partial charge in [0.15, 0.2) is 5.16 Å². The normalized spacial score (nSPS) is 11.8. The Bertz CT molecular complexity index is 708. The minimum absolute atomic E-state index is 0.0582. The van der Waals surface area contributed by atoms with Gasteiger partial charge in [-0.25, -0.2) is 18.5 Å². The van der Waals surface area contributed by atoms with Crippen LogP contribution in [0.5, 0.6) is 0 Å². The Morgan fingerprint density at radius 3 is 2.80 bits per heavy atom. The predicted molar refractivity (Wildman–Crippen MR) is 81.7 cm³/mol. The molecule has 2 rings (SSSR count). The van der Waals surface area contributed by atoms with Gasteiger partial charge in [0, 0.05) is 18.1 Å². The molecule has 7 heteroatoms. The fourth-order valence-electron chi connectivity index (χ4n) is 1.81. The van der Waals surface area contributed by atoms with Crippen LogP contribution in [0.15, 0.2) is 35.7 Å². The molecule has 0 aliphatic heterocycles. The number of aryl methyl sites for hydroxylation is 2. The number of rotatable bonds is 5. The van der Waals surface area contributed by atoms with Crippen molar-refractivity contribution in [2.75, 3.05) is 11.5 Å². The molecule has 5 nitrogen and oxygen atoms in total. The van der Waals surface area contributed by atoms with Crippen molar-refractivity contribution in [1.82, 2.24) is 9.55 Å². The number of thioether (sulfide) groups is 1. The number of nitrogens with two attached hydrogens (primary N) is 1. The fourth-order valence-corrected chi connectivity index (χ4v) is 3.69. The highest BCUT2D eigenvalue weighted by Crippen LogP contribution is 2.23. The summed E-state index contributed by atoms with van der Waals surface area (Å²) in [6.45, 7) is 4.07. The minimum Gasteiger partial charge on any atom is -0.295 e. The molecule has 0 radical (unpaired) electrons. The molecule has 20 heavy (non-hydrogen) atoms. The second kappa shape index (κ2) is 5.99. The van der Waals surface area contributed by atoms with Gasteiger partial charge in [-0.2, -0.15) is 0 Å².